The molecular weight excluding hydrogens is 278 g/mol. The van der Waals surface area contributed by atoms with Crippen molar-refractivity contribution >= 4 is 17.2 Å². The first-order chi connectivity index (χ1) is 9.70. The highest BCUT2D eigenvalue weighted by molar-refractivity contribution is 7.10. The highest BCUT2D eigenvalue weighted by atomic mass is 32.1. The third-order valence-corrected chi connectivity index (χ3v) is 3.75. The Labute approximate surface area is 122 Å². The second-order valence-electron chi connectivity index (χ2n) is 4.39. The molecule has 2 heterocycles. The van der Waals surface area contributed by atoms with Crippen LogP contribution in [0.25, 0.3) is 0 Å². The summed E-state index contributed by atoms with van der Waals surface area (Å²) in [5, 5.41) is 10.6. The molecule has 1 aromatic rings. The fraction of sp³-hybridized carbons (Fsp3) is 0.500. The van der Waals surface area contributed by atoms with Crippen molar-refractivity contribution in [2.24, 2.45) is 0 Å². The van der Waals surface area contributed by atoms with E-state index < -0.39 is 6.10 Å². The lowest BCUT2D eigenvalue weighted by Gasteiger charge is -2.26. The first kappa shape index (κ1) is 15.0. The van der Waals surface area contributed by atoms with Gasteiger partial charge in [-0.3, -0.25) is 4.79 Å². The van der Waals surface area contributed by atoms with E-state index in [9.17, 15) is 4.79 Å². The number of carbonyl (C=O) groups is 1. The molecule has 0 radical (unpaired) electrons. The van der Waals surface area contributed by atoms with Crippen molar-refractivity contribution in [2.45, 2.75) is 12.6 Å². The molecule has 1 aliphatic rings. The maximum atomic E-state index is 12.1. The van der Waals surface area contributed by atoms with E-state index in [1.807, 2.05) is 11.4 Å². The van der Waals surface area contributed by atoms with Gasteiger partial charge in [-0.15, -0.1) is 11.3 Å². The number of hydrogen-bond acceptors (Lipinski definition) is 5. The molecule has 1 fully saturated rings. The smallest absolute Gasteiger partial charge is 0.254 e. The number of nitrogens with zero attached hydrogens (tertiary/aromatic N) is 1. The van der Waals surface area contributed by atoms with Crippen LogP contribution in [0.2, 0.25) is 0 Å². The summed E-state index contributed by atoms with van der Waals surface area (Å²) in [5.74, 6) is 5.38. The molecule has 1 N–H and O–H groups in total. The van der Waals surface area contributed by atoms with Crippen molar-refractivity contribution in [2.75, 3.05) is 33.5 Å². The van der Waals surface area contributed by atoms with Crippen LogP contribution >= 0.6 is 11.3 Å². The molecular formula is C14H17NO4S. The summed E-state index contributed by atoms with van der Waals surface area (Å²) in [6.07, 6.45) is -0.498. The molecule has 1 unspecified atom stereocenters. The first-order valence-electron chi connectivity index (χ1n) is 6.32. The van der Waals surface area contributed by atoms with Gasteiger partial charge < -0.3 is 19.5 Å². The Morgan fingerprint density at radius 2 is 2.45 bits per heavy atom. The van der Waals surface area contributed by atoms with Gasteiger partial charge in [0, 0.05) is 22.9 Å². The van der Waals surface area contributed by atoms with E-state index in [-0.39, 0.29) is 12.5 Å². The minimum absolute atomic E-state index is 0.0684. The number of ether oxygens (including phenoxy) is 2. The maximum absolute atomic E-state index is 12.1. The number of thiophene rings is 1. The van der Waals surface area contributed by atoms with E-state index in [0.717, 1.165) is 10.4 Å². The number of likely N-dealkylation sites (N-methyl/N-ethyl adjacent to an activating group) is 1. The Morgan fingerprint density at radius 1 is 1.60 bits per heavy atom. The predicted molar refractivity (Wildman–Crippen MR) is 75.3 cm³/mol. The molecule has 0 saturated carbocycles. The van der Waals surface area contributed by atoms with Gasteiger partial charge in [0.15, 0.2) is 6.10 Å². The van der Waals surface area contributed by atoms with Gasteiger partial charge in [-0.05, 0) is 6.07 Å². The lowest BCUT2D eigenvalue weighted by molar-refractivity contribution is -0.157. The molecule has 1 saturated heterocycles. The molecule has 1 amide bonds. The Bertz CT molecular complexity index is 511. The van der Waals surface area contributed by atoms with Crippen LogP contribution in [0.3, 0.4) is 0 Å². The number of carbonyl (C=O) groups excluding carboxylic acids is 1. The summed E-state index contributed by atoms with van der Waals surface area (Å²) in [6.45, 7) is 1.70. The topological polar surface area (TPSA) is 59.0 Å². The van der Waals surface area contributed by atoms with Crippen LogP contribution in [-0.4, -0.2) is 55.5 Å². The average Bonchev–Trinajstić information content (AvgIpc) is 2.92. The molecule has 108 valence electrons. The zero-order valence-corrected chi connectivity index (χ0v) is 12.1. The largest absolute Gasteiger partial charge is 0.384 e. The average molecular weight is 295 g/mol. The Kier molecular flexibility index (Phi) is 5.56. The quantitative estimate of drug-likeness (QED) is 0.823. The third kappa shape index (κ3) is 4.05. The first-order valence-corrected chi connectivity index (χ1v) is 7.20. The lowest BCUT2D eigenvalue weighted by atomic mass is 10.2. The molecule has 0 spiro atoms. The Morgan fingerprint density at radius 3 is 3.15 bits per heavy atom. The van der Waals surface area contributed by atoms with Gasteiger partial charge in [-0.25, -0.2) is 0 Å². The van der Waals surface area contributed by atoms with Crippen molar-refractivity contribution in [1.29, 1.82) is 0 Å². The van der Waals surface area contributed by atoms with Crippen molar-refractivity contribution in [3.63, 3.8) is 0 Å². The van der Waals surface area contributed by atoms with Crippen molar-refractivity contribution in [1.82, 2.24) is 4.90 Å². The number of rotatable bonds is 3. The van der Waals surface area contributed by atoms with Gasteiger partial charge in [-0.1, -0.05) is 11.8 Å². The summed E-state index contributed by atoms with van der Waals surface area (Å²) in [5.41, 5.74) is 0.858. The van der Waals surface area contributed by atoms with Gasteiger partial charge in [0.2, 0.25) is 0 Å². The highest BCUT2D eigenvalue weighted by Gasteiger charge is 2.25. The van der Waals surface area contributed by atoms with Gasteiger partial charge in [0.25, 0.3) is 5.91 Å². The lowest BCUT2D eigenvalue weighted by Crippen LogP contribution is -2.43. The second-order valence-corrected chi connectivity index (χ2v) is 5.39. The van der Waals surface area contributed by atoms with Gasteiger partial charge in [-0.2, -0.15) is 0 Å². The molecule has 1 aromatic heterocycles. The molecule has 1 atom stereocenters. The fourth-order valence-electron chi connectivity index (χ4n) is 1.86. The Hall–Kier alpha value is -1.39. The van der Waals surface area contributed by atoms with E-state index >= 15 is 0 Å². The number of aliphatic hydroxyl groups is 1. The summed E-state index contributed by atoms with van der Waals surface area (Å²) in [7, 11) is 1.75. The molecule has 2 rings (SSSR count). The normalized spacial score (nSPS) is 18.2. The van der Waals surface area contributed by atoms with Crippen LogP contribution in [-0.2, 0) is 20.8 Å². The van der Waals surface area contributed by atoms with E-state index in [1.54, 1.807) is 23.3 Å². The minimum Gasteiger partial charge on any atom is -0.384 e. The molecule has 0 aliphatic carbocycles. The third-order valence-electron chi connectivity index (χ3n) is 2.83. The molecule has 1 aliphatic heterocycles. The predicted octanol–water partition coefficient (Wildman–Crippen LogP) is 0.466. The summed E-state index contributed by atoms with van der Waals surface area (Å²) >= 11 is 1.54. The van der Waals surface area contributed by atoms with Crippen molar-refractivity contribution in [3.8, 4) is 11.8 Å². The molecule has 5 nitrogen and oxygen atoms in total. The second kappa shape index (κ2) is 7.41. The highest BCUT2D eigenvalue weighted by Crippen LogP contribution is 2.16. The SMILES string of the molecule is CN(Cc1cc(C#CCO)cs1)C(=O)C1COCCO1. The van der Waals surface area contributed by atoms with E-state index in [0.29, 0.717) is 26.4 Å². The van der Waals surface area contributed by atoms with E-state index in [2.05, 4.69) is 11.8 Å². The van der Waals surface area contributed by atoms with Crippen LogP contribution in [0.4, 0.5) is 0 Å². The Balaban J connectivity index is 1.91. The minimum atomic E-state index is -0.498. The molecule has 0 bridgehead atoms. The standard InChI is InChI=1S/C14H17NO4S/c1-15(14(17)13-9-18-5-6-19-13)8-12-7-11(10-20-12)3-2-4-16/h7,10,13,16H,4-6,8-9H2,1H3. The fourth-order valence-corrected chi connectivity index (χ4v) is 2.73. The van der Waals surface area contributed by atoms with Crippen LogP contribution in [0.5, 0.6) is 0 Å². The van der Waals surface area contributed by atoms with Crippen LogP contribution < -0.4 is 0 Å². The number of hydrogen-bond donors (Lipinski definition) is 1. The molecule has 0 aromatic carbocycles. The van der Waals surface area contributed by atoms with Crippen LogP contribution in [0, 0.1) is 11.8 Å². The van der Waals surface area contributed by atoms with E-state index in [1.165, 1.54) is 0 Å². The number of amides is 1. The number of aliphatic hydroxyl groups excluding tert-OH is 1. The maximum Gasteiger partial charge on any atom is 0.254 e. The summed E-state index contributed by atoms with van der Waals surface area (Å²) in [4.78, 5) is 14.8. The zero-order valence-electron chi connectivity index (χ0n) is 11.3. The van der Waals surface area contributed by atoms with Gasteiger partial charge >= 0.3 is 0 Å². The van der Waals surface area contributed by atoms with Gasteiger partial charge in [0.05, 0.1) is 26.4 Å². The van der Waals surface area contributed by atoms with E-state index in [4.69, 9.17) is 14.6 Å². The monoisotopic (exact) mass is 295 g/mol. The van der Waals surface area contributed by atoms with Crippen molar-refractivity contribution < 1.29 is 19.4 Å². The molecule has 6 heteroatoms. The molecule has 20 heavy (non-hydrogen) atoms. The van der Waals surface area contributed by atoms with Crippen LogP contribution in [0.1, 0.15) is 10.4 Å². The summed E-state index contributed by atoms with van der Waals surface area (Å²) in [6, 6.07) is 1.93. The van der Waals surface area contributed by atoms with Crippen LogP contribution in [0.15, 0.2) is 11.4 Å². The zero-order chi connectivity index (χ0) is 14.4. The van der Waals surface area contributed by atoms with Crippen molar-refractivity contribution in [3.05, 3.63) is 21.9 Å². The summed E-state index contributed by atoms with van der Waals surface area (Å²) < 4.78 is 10.6. The van der Waals surface area contributed by atoms with Gasteiger partial charge in [0.1, 0.15) is 6.61 Å².